The van der Waals surface area contributed by atoms with Crippen molar-refractivity contribution in [2.75, 3.05) is 12.8 Å². The summed E-state index contributed by atoms with van der Waals surface area (Å²) in [5.41, 5.74) is 7.12. The van der Waals surface area contributed by atoms with Crippen LogP contribution in [0.3, 0.4) is 0 Å². The molecule has 0 saturated carbocycles. The van der Waals surface area contributed by atoms with Crippen molar-refractivity contribution in [3.63, 3.8) is 0 Å². The van der Waals surface area contributed by atoms with E-state index >= 15 is 0 Å². The van der Waals surface area contributed by atoms with Gasteiger partial charge in [0.15, 0.2) is 11.6 Å². The Balaban J connectivity index is 2.33. The monoisotopic (exact) mass is 247 g/mol. The third-order valence-electron chi connectivity index (χ3n) is 2.45. The average molecular weight is 247 g/mol. The van der Waals surface area contributed by atoms with Crippen LogP contribution in [0.4, 0.5) is 10.1 Å². The van der Waals surface area contributed by atoms with Crippen LogP contribution in [0.25, 0.3) is 0 Å². The Morgan fingerprint density at radius 2 is 1.78 bits per heavy atom. The smallest absolute Gasteiger partial charge is 0.165 e. The number of nitrogens with two attached hydrogens (primary N) is 1. The highest BCUT2D eigenvalue weighted by atomic mass is 19.1. The van der Waals surface area contributed by atoms with Gasteiger partial charge in [-0.2, -0.15) is 0 Å². The molecule has 2 rings (SSSR count). The van der Waals surface area contributed by atoms with Gasteiger partial charge in [0, 0.05) is 23.9 Å². The molecule has 2 N–H and O–H groups in total. The lowest BCUT2D eigenvalue weighted by atomic mass is 10.2. The summed E-state index contributed by atoms with van der Waals surface area (Å²) in [7, 11) is 1.53. The summed E-state index contributed by atoms with van der Waals surface area (Å²) in [6.07, 6.45) is 0. The second-order valence-electron chi connectivity index (χ2n) is 3.98. The average Bonchev–Trinajstić information content (AvgIpc) is 2.33. The molecular formula is C14H14FNO2. The molecular weight excluding hydrogens is 233 g/mol. The molecule has 0 aliphatic carbocycles. The van der Waals surface area contributed by atoms with Gasteiger partial charge < -0.3 is 15.2 Å². The lowest BCUT2D eigenvalue weighted by Crippen LogP contribution is -1.93. The normalized spacial score (nSPS) is 10.2. The second-order valence-corrected chi connectivity index (χ2v) is 3.98. The van der Waals surface area contributed by atoms with Gasteiger partial charge in [0.05, 0.1) is 7.11 Å². The second kappa shape index (κ2) is 4.96. The van der Waals surface area contributed by atoms with Gasteiger partial charge in [0.25, 0.3) is 0 Å². The Morgan fingerprint density at radius 3 is 2.50 bits per heavy atom. The summed E-state index contributed by atoms with van der Waals surface area (Å²) in [5.74, 6) is 0.763. The number of hydrogen-bond acceptors (Lipinski definition) is 3. The zero-order valence-electron chi connectivity index (χ0n) is 10.2. The number of halogens is 1. The number of anilines is 1. The minimum Gasteiger partial charge on any atom is -0.497 e. The van der Waals surface area contributed by atoms with Gasteiger partial charge in [-0.1, -0.05) is 6.07 Å². The van der Waals surface area contributed by atoms with E-state index in [9.17, 15) is 4.39 Å². The molecule has 0 atom stereocenters. The molecule has 0 aliphatic heterocycles. The molecule has 0 heterocycles. The topological polar surface area (TPSA) is 44.5 Å². The van der Waals surface area contributed by atoms with Crippen molar-refractivity contribution in [1.29, 1.82) is 0 Å². The molecule has 0 aromatic heterocycles. The van der Waals surface area contributed by atoms with E-state index < -0.39 is 5.82 Å². The highest BCUT2D eigenvalue weighted by molar-refractivity contribution is 5.51. The summed E-state index contributed by atoms with van der Waals surface area (Å²) in [4.78, 5) is 0. The molecule has 0 bridgehead atoms. The SMILES string of the molecule is COc1cc(N)cc(Oc2cc(C)ccc2F)c1. The molecule has 2 aromatic carbocycles. The van der Waals surface area contributed by atoms with Crippen LogP contribution in [-0.4, -0.2) is 7.11 Å². The Labute approximate surface area is 105 Å². The first-order valence-electron chi connectivity index (χ1n) is 5.47. The molecule has 0 saturated heterocycles. The van der Waals surface area contributed by atoms with E-state index in [4.69, 9.17) is 15.2 Å². The molecule has 0 unspecified atom stereocenters. The molecule has 0 aliphatic rings. The quantitative estimate of drug-likeness (QED) is 0.844. The Hall–Kier alpha value is -2.23. The third kappa shape index (κ3) is 2.71. The Morgan fingerprint density at radius 1 is 1.06 bits per heavy atom. The van der Waals surface area contributed by atoms with Gasteiger partial charge in [0.2, 0.25) is 0 Å². The fourth-order valence-electron chi connectivity index (χ4n) is 1.59. The third-order valence-corrected chi connectivity index (χ3v) is 2.45. The van der Waals surface area contributed by atoms with Crippen LogP contribution in [0.15, 0.2) is 36.4 Å². The van der Waals surface area contributed by atoms with E-state index in [0.29, 0.717) is 17.2 Å². The molecule has 2 aromatic rings. The molecule has 94 valence electrons. The van der Waals surface area contributed by atoms with Gasteiger partial charge in [-0.15, -0.1) is 0 Å². The molecule has 0 amide bonds. The Kier molecular flexibility index (Phi) is 3.37. The number of hydrogen-bond donors (Lipinski definition) is 1. The van der Waals surface area contributed by atoms with Crippen LogP contribution >= 0.6 is 0 Å². The van der Waals surface area contributed by atoms with E-state index in [0.717, 1.165) is 5.56 Å². The van der Waals surface area contributed by atoms with Gasteiger partial charge in [0.1, 0.15) is 11.5 Å². The van der Waals surface area contributed by atoms with Gasteiger partial charge >= 0.3 is 0 Å². The van der Waals surface area contributed by atoms with Crippen molar-refractivity contribution in [2.45, 2.75) is 6.92 Å². The fourth-order valence-corrected chi connectivity index (χ4v) is 1.59. The van der Waals surface area contributed by atoms with Crippen LogP contribution in [0.2, 0.25) is 0 Å². The molecule has 0 fully saturated rings. The highest BCUT2D eigenvalue weighted by Gasteiger charge is 2.07. The van der Waals surface area contributed by atoms with Crippen LogP contribution in [0.1, 0.15) is 5.56 Å². The van der Waals surface area contributed by atoms with Crippen LogP contribution in [0, 0.1) is 12.7 Å². The van der Waals surface area contributed by atoms with E-state index in [-0.39, 0.29) is 5.75 Å². The zero-order valence-corrected chi connectivity index (χ0v) is 10.2. The van der Waals surface area contributed by atoms with E-state index in [1.165, 1.54) is 13.2 Å². The standard InChI is InChI=1S/C14H14FNO2/c1-9-3-4-13(15)14(5-9)18-12-7-10(16)6-11(8-12)17-2/h3-8H,16H2,1-2H3. The first-order chi connectivity index (χ1) is 8.58. The first kappa shape index (κ1) is 12.2. The predicted octanol–water partition coefficient (Wildman–Crippen LogP) is 3.52. The molecule has 4 heteroatoms. The van der Waals surface area contributed by atoms with Crippen LogP contribution < -0.4 is 15.2 Å². The van der Waals surface area contributed by atoms with Crippen LogP contribution in [-0.2, 0) is 0 Å². The van der Waals surface area contributed by atoms with Crippen molar-refractivity contribution in [3.8, 4) is 17.2 Å². The van der Waals surface area contributed by atoms with Crippen LogP contribution in [0.5, 0.6) is 17.2 Å². The maximum atomic E-state index is 13.6. The number of nitrogen functional groups attached to an aromatic ring is 1. The number of methoxy groups -OCH3 is 1. The Bertz CT molecular complexity index is 570. The minimum absolute atomic E-state index is 0.169. The minimum atomic E-state index is -0.415. The predicted molar refractivity (Wildman–Crippen MR) is 68.6 cm³/mol. The van der Waals surface area contributed by atoms with Crippen molar-refractivity contribution < 1.29 is 13.9 Å². The number of rotatable bonds is 3. The zero-order chi connectivity index (χ0) is 13.1. The van der Waals surface area contributed by atoms with E-state index in [1.54, 1.807) is 30.3 Å². The van der Waals surface area contributed by atoms with Gasteiger partial charge in [-0.25, -0.2) is 4.39 Å². The van der Waals surface area contributed by atoms with Crippen molar-refractivity contribution in [3.05, 3.63) is 47.8 Å². The van der Waals surface area contributed by atoms with E-state index in [2.05, 4.69) is 0 Å². The number of benzene rings is 2. The summed E-state index contributed by atoms with van der Waals surface area (Å²) in [6, 6.07) is 9.61. The van der Waals surface area contributed by atoms with Crippen molar-refractivity contribution >= 4 is 5.69 Å². The summed E-state index contributed by atoms with van der Waals surface area (Å²) >= 11 is 0. The summed E-state index contributed by atoms with van der Waals surface area (Å²) in [5, 5.41) is 0. The van der Waals surface area contributed by atoms with Crippen molar-refractivity contribution in [1.82, 2.24) is 0 Å². The number of ether oxygens (including phenoxy) is 2. The molecule has 18 heavy (non-hydrogen) atoms. The summed E-state index contributed by atoms with van der Waals surface area (Å²) < 4.78 is 24.1. The lowest BCUT2D eigenvalue weighted by molar-refractivity contribution is 0.405. The fraction of sp³-hybridized carbons (Fsp3) is 0.143. The van der Waals surface area contributed by atoms with E-state index in [1.807, 2.05) is 6.92 Å². The lowest BCUT2D eigenvalue weighted by Gasteiger charge is -2.10. The molecule has 3 nitrogen and oxygen atoms in total. The summed E-state index contributed by atoms with van der Waals surface area (Å²) in [6.45, 7) is 1.87. The maximum absolute atomic E-state index is 13.6. The van der Waals surface area contributed by atoms with Gasteiger partial charge in [-0.3, -0.25) is 0 Å². The maximum Gasteiger partial charge on any atom is 0.165 e. The first-order valence-corrected chi connectivity index (χ1v) is 5.47. The van der Waals surface area contributed by atoms with Gasteiger partial charge in [-0.05, 0) is 24.6 Å². The molecule has 0 spiro atoms. The largest absolute Gasteiger partial charge is 0.497 e. The van der Waals surface area contributed by atoms with Crippen molar-refractivity contribution in [2.24, 2.45) is 0 Å². The number of aryl methyl sites for hydroxylation is 1. The highest BCUT2D eigenvalue weighted by Crippen LogP contribution is 2.30. The molecule has 0 radical (unpaired) electrons.